The maximum Gasteiger partial charge on any atom is 0.205 e. The Morgan fingerprint density at radius 2 is 1.86 bits per heavy atom. The van der Waals surface area contributed by atoms with Crippen LogP contribution < -0.4 is 5.73 Å². The zero-order chi connectivity index (χ0) is 20.0. The lowest BCUT2D eigenvalue weighted by Crippen LogP contribution is -2.10. The molecule has 0 radical (unpaired) electrons. The van der Waals surface area contributed by atoms with Crippen LogP contribution in [0.3, 0.4) is 0 Å². The molecule has 0 spiro atoms. The van der Waals surface area contributed by atoms with E-state index >= 15 is 0 Å². The summed E-state index contributed by atoms with van der Waals surface area (Å²) < 4.78 is 0. The molecule has 0 fully saturated rings. The number of hydrogen-bond acceptors (Lipinski definition) is 5. The molecule has 3 nitrogen and oxygen atoms in total. The molecule has 2 N–H and O–H groups in total. The van der Waals surface area contributed by atoms with Gasteiger partial charge in [0.25, 0.3) is 0 Å². The highest BCUT2D eigenvalue weighted by atomic mass is 35.5. The summed E-state index contributed by atoms with van der Waals surface area (Å²) in [7, 11) is 0. The fourth-order valence-corrected chi connectivity index (χ4v) is 6.06. The molecule has 1 aliphatic carbocycles. The number of nitrogen functional groups attached to an aromatic ring is 1. The lowest BCUT2D eigenvalue weighted by Gasteiger charge is -2.20. The van der Waals surface area contributed by atoms with Crippen LogP contribution in [0.1, 0.15) is 49.8 Å². The van der Waals surface area contributed by atoms with Gasteiger partial charge in [-0.2, -0.15) is 0 Å². The quantitative estimate of drug-likeness (QED) is 0.380. The first-order valence-electron chi connectivity index (χ1n) is 9.67. The number of thiophene rings is 2. The number of hydrogen-bond donors (Lipinski definition) is 1. The minimum atomic E-state index is -0.0634. The number of nitrogens with two attached hydrogens (primary N) is 1. The Labute approximate surface area is 182 Å². The molecule has 5 rings (SSSR count). The Balaban J connectivity index is 1.66. The second-order valence-electron chi connectivity index (χ2n) is 7.34. The van der Waals surface area contributed by atoms with E-state index in [9.17, 15) is 4.79 Å². The van der Waals surface area contributed by atoms with Crippen LogP contribution in [-0.4, -0.2) is 10.8 Å². The molecule has 1 aliphatic rings. The number of ketones is 1. The van der Waals surface area contributed by atoms with Crippen LogP contribution >= 0.6 is 34.3 Å². The van der Waals surface area contributed by atoms with Gasteiger partial charge in [-0.3, -0.25) is 4.79 Å². The van der Waals surface area contributed by atoms with E-state index in [1.807, 2.05) is 0 Å². The fourth-order valence-electron chi connectivity index (χ4n) is 4.12. The number of carbonyl (C=O) groups excluding carboxylic acids is 1. The Kier molecular flexibility index (Phi) is 4.90. The molecule has 0 amide bonds. The van der Waals surface area contributed by atoms with E-state index in [2.05, 4.69) is 17.5 Å². The molecule has 0 bridgehead atoms. The molecule has 0 saturated carbocycles. The molecule has 0 atom stereocenters. The average molecular weight is 439 g/mol. The number of fused-ring (bicyclic) bond motifs is 3. The van der Waals surface area contributed by atoms with Crippen molar-refractivity contribution in [3.05, 3.63) is 78.9 Å². The van der Waals surface area contributed by atoms with E-state index in [1.165, 1.54) is 33.8 Å². The van der Waals surface area contributed by atoms with Gasteiger partial charge < -0.3 is 5.73 Å². The predicted octanol–water partition coefficient (Wildman–Crippen LogP) is 6.29. The third-order valence-electron chi connectivity index (χ3n) is 5.52. The van der Waals surface area contributed by atoms with Crippen LogP contribution in [0.25, 0.3) is 10.2 Å². The summed E-state index contributed by atoms with van der Waals surface area (Å²) >= 11 is 9.15. The van der Waals surface area contributed by atoms with E-state index < -0.39 is 0 Å². The molecule has 29 heavy (non-hydrogen) atoms. The molecular formula is C23H19ClN2OS2. The van der Waals surface area contributed by atoms with Gasteiger partial charge in [-0.15, -0.1) is 22.7 Å². The van der Waals surface area contributed by atoms with Gasteiger partial charge in [0.15, 0.2) is 0 Å². The van der Waals surface area contributed by atoms with Crippen molar-refractivity contribution in [1.29, 1.82) is 0 Å². The number of carbonyl (C=O) groups is 1. The van der Waals surface area contributed by atoms with Crippen molar-refractivity contribution in [2.45, 2.75) is 32.1 Å². The lowest BCUT2D eigenvalue weighted by molar-refractivity contribution is 0.104. The van der Waals surface area contributed by atoms with Crippen molar-refractivity contribution in [3.63, 3.8) is 0 Å². The molecular weight excluding hydrogens is 420 g/mol. The Morgan fingerprint density at radius 1 is 1.10 bits per heavy atom. The first-order chi connectivity index (χ1) is 14.1. The largest absolute Gasteiger partial charge is 0.397 e. The maximum atomic E-state index is 13.1. The van der Waals surface area contributed by atoms with Gasteiger partial charge in [0, 0.05) is 27.3 Å². The molecule has 3 heterocycles. The number of aryl methyl sites for hydroxylation is 1. The van der Waals surface area contributed by atoms with Crippen molar-refractivity contribution in [3.8, 4) is 0 Å². The standard InChI is InChI=1S/C23H19ClN2OS2/c24-14-9-7-13(8-10-14)21(27)22-20(25)19-17-6-2-1-5-16(17)18(26-23(19)29-22)12-15-4-3-11-28-15/h3-4,7-11H,1-2,5-6,12,25H2. The third-order valence-corrected chi connectivity index (χ3v) is 7.74. The van der Waals surface area contributed by atoms with Crippen LogP contribution in [-0.2, 0) is 19.3 Å². The van der Waals surface area contributed by atoms with E-state index in [1.54, 1.807) is 35.6 Å². The topological polar surface area (TPSA) is 56.0 Å². The SMILES string of the molecule is Nc1c(C(=O)c2ccc(Cl)cc2)sc2nc(Cc3cccs3)c3c(c12)CCCC3. The summed E-state index contributed by atoms with van der Waals surface area (Å²) in [5, 5.41) is 3.71. The van der Waals surface area contributed by atoms with Gasteiger partial charge in [0.2, 0.25) is 5.78 Å². The van der Waals surface area contributed by atoms with Crippen molar-refractivity contribution < 1.29 is 4.79 Å². The van der Waals surface area contributed by atoms with Crippen LogP contribution in [0, 0.1) is 0 Å². The van der Waals surface area contributed by atoms with Crippen molar-refractivity contribution in [1.82, 2.24) is 4.98 Å². The molecule has 3 aromatic heterocycles. The average Bonchev–Trinajstić information content (AvgIpc) is 3.36. The van der Waals surface area contributed by atoms with Gasteiger partial charge in [-0.1, -0.05) is 17.7 Å². The molecule has 146 valence electrons. The van der Waals surface area contributed by atoms with E-state index in [4.69, 9.17) is 22.3 Å². The number of benzene rings is 1. The van der Waals surface area contributed by atoms with E-state index in [0.717, 1.165) is 41.6 Å². The number of halogens is 1. The molecule has 0 aliphatic heterocycles. The summed E-state index contributed by atoms with van der Waals surface area (Å²) in [5.74, 6) is -0.0634. The second kappa shape index (κ2) is 7.56. The van der Waals surface area contributed by atoms with Gasteiger partial charge in [-0.05, 0) is 72.5 Å². The minimum absolute atomic E-state index is 0.0634. The molecule has 6 heteroatoms. The molecule has 0 unspecified atom stereocenters. The summed E-state index contributed by atoms with van der Waals surface area (Å²) in [5.41, 5.74) is 11.5. The van der Waals surface area contributed by atoms with Crippen molar-refractivity contribution in [2.75, 3.05) is 5.73 Å². The van der Waals surface area contributed by atoms with Gasteiger partial charge in [0.05, 0.1) is 11.4 Å². The maximum absolute atomic E-state index is 13.1. The van der Waals surface area contributed by atoms with Crippen LogP contribution in [0.4, 0.5) is 5.69 Å². The summed E-state index contributed by atoms with van der Waals surface area (Å²) in [6.07, 6.45) is 5.21. The zero-order valence-corrected chi connectivity index (χ0v) is 18.1. The Bertz CT molecular complexity index is 1210. The smallest absolute Gasteiger partial charge is 0.205 e. The van der Waals surface area contributed by atoms with E-state index in [0.29, 0.717) is 21.2 Å². The van der Waals surface area contributed by atoms with Gasteiger partial charge >= 0.3 is 0 Å². The predicted molar refractivity (Wildman–Crippen MR) is 123 cm³/mol. The number of pyridine rings is 1. The van der Waals surface area contributed by atoms with Crippen LogP contribution in [0.2, 0.25) is 5.02 Å². The fraction of sp³-hybridized carbons (Fsp3) is 0.217. The Hall–Kier alpha value is -2.21. The van der Waals surface area contributed by atoms with Crippen LogP contribution in [0.15, 0.2) is 41.8 Å². The summed E-state index contributed by atoms with van der Waals surface area (Å²) in [6, 6.07) is 11.2. The first-order valence-corrected chi connectivity index (χ1v) is 11.7. The van der Waals surface area contributed by atoms with E-state index in [-0.39, 0.29) is 5.78 Å². The van der Waals surface area contributed by atoms with Gasteiger partial charge in [-0.25, -0.2) is 4.98 Å². The zero-order valence-electron chi connectivity index (χ0n) is 15.7. The highest BCUT2D eigenvalue weighted by Crippen LogP contribution is 2.41. The van der Waals surface area contributed by atoms with Crippen molar-refractivity contribution in [2.24, 2.45) is 0 Å². The first kappa shape index (κ1) is 18.8. The number of rotatable bonds is 4. The number of aromatic nitrogens is 1. The molecule has 0 saturated heterocycles. The summed E-state index contributed by atoms with van der Waals surface area (Å²) in [6.45, 7) is 0. The molecule has 4 aromatic rings. The second-order valence-corrected chi connectivity index (χ2v) is 9.81. The number of nitrogens with zero attached hydrogens (tertiary/aromatic N) is 1. The van der Waals surface area contributed by atoms with Gasteiger partial charge in [0.1, 0.15) is 9.71 Å². The van der Waals surface area contributed by atoms with Crippen molar-refractivity contribution >= 4 is 56.0 Å². The highest BCUT2D eigenvalue weighted by Gasteiger charge is 2.25. The third kappa shape index (κ3) is 3.37. The highest BCUT2D eigenvalue weighted by molar-refractivity contribution is 7.21. The lowest BCUT2D eigenvalue weighted by atomic mass is 9.87. The number of anilines is 1. The normalized spacial score (nSPS) is 13.6. The Morgan fingerprint density at radius 3 is 2.59 bits per heavy atom. The monoisotopic (exact) mass is 438 g/mol. The molecule has 1 aromatic carbocycles. The summed E-state index contributed by atoms with van der Waals surface area (Å²) in [4.78, 5) is 20.9. The van der Waals surface area contributed by atoms with Crippen LogP contribution in [0.5, 0.6) is 0 Å². The minimum Gasteiger partial charge on any atom is -0.397 e.